The average molecular weight is 460 g/mol. The Morgan fingerprint density at radius 1 is 0.655 bits per heavy atom. The van der Waals surface area contributed by atoms with E-state index in [0.29, 0.717) is 21.7 Å². The van der Waals surface area contributed by atoms with Crippen molar-refractivity contribution >= 4 is 78.0 Å². The van der Waals surface area contributed by atoms with Crippen molar-refractivity contribution in [3.05, 3.63) is 94.0 Å². The van der Waals surface area contributed by atoms with Crippen molar-refractivity contribution in [2.24, 2.45) is 0 Å². The van der Waals surface area contributed by atoms with Crippen LogP contribution < -0.4 is 0 Å². The van der Waals surface area contributed by atoms with Crippen LogP contribution in [0.3, 0.4) is 0 Å². The summed E-state index contributed by atoms with van der Waals surface area (Å²) in [7, 11) is 6.72. The predicted octanol–water partition coefficient (Wildman–Crippen LogP) is 7.62. The Kier molecular flexibility index (Phi) is 5.84. The van der Waals surface area contributed by atoms with Gasteiger partial charge in [-0.25, -0.2) is 0 Å². The van der Waals surface area contributed by atoms with Crippen LogP contribution in [-0.4, -0.2) is 16.8 Å². The van der Waals surface area contributed by atoms with Crippen molar-refractivity contribution in [1.29, 1.82) is 0 Å². The number of carbonyl (C=O) groups is 2. The fourth-order valence-corrected chi connectivity index (χ4v) is 4.85. The van der Waals surface area contributed by atoms with Crippen LogP contribution in [-0.2, 0) is 0 Å². The minimum absolute atomic E-state index is 0.279. The number of fused-ring (bicyclic) bond motifs is 2. The molecule has 0 fully saturated rings. The summed E-state index contributed by atoms with van der Waals surface area (Å²) in [5.74, 6) is -0.887. The van der Waals surface area contributed by atoms with E-state index in [2.05, 4.69) is 0 Å². The van der Waals surface area contributed by atoms with Crippen molar-refractivity contribution in [2.75, 3.05) is 0 Å². The van der Waals surface area contributed by atoms with Crippen LogP contribution in [0.2, 0.25) is 10.0 Å². The first kappa shape index (κ1) is 20.2. The van der Waals surface area contributed by atoms with Crippen molar-refractivity contribution in [3.8, 4) is 0 Å². The van der Waals surface area contributed by atoms with Gasteiger partial charge in [0.2, 0.25) is 0 Å². The second kappa shape index (κ2) is 8.37. The van der Waals surface area contributed by atoms with Gasteiger partial charge in [-0.3, -0.25) is 9.59 Å². The molecule has 0 N–H and O–H groups in total. The van der Waals surface area contributed by atoms with Gasteiger partial charge >= 0.3 is 0 Å². The Morgan fingerprint density at radius 3 is 1.48 bits per heavy atom. The highest BCUT2D eigenvalue weighted by atomic mass is 35.7. The molecule has 6 heteroatoms. The lowest BCUT2D eigenvalue weighted by Gasteiger charge is -2.16. The van der Waals surface area contributed by atoms with Gasteiger partial charge in [0.15, 0.2) is 11.6 Å². The molecule has 0 aliphatic heterocycles. The van der Waals surface area contributed by atoms with Gasteiger partial charge in [0.25, 0.3) is 0 Å². The summed E-state index contributed by atoms with van der Waals surface area (Å²) in [4.78, 5) is 26.8. The zero-order valence-electron chi connectivity index (χ0n) is 14.9. The van der Waals surface area contributed by atoms with Gasteiger partial charge in [0, 0.05) is 11.1 Å². The molecule has 4 aromatic rings. The van der Waals surface area contributed by atoms with Crippen LogP contribution in [0.4, 0.5) is 0 Å². The second-order valence-corrected chi connectivity index (χ2v) is 8.48. The third kappa shape index (κ3) is 3.64. The summed E-state index contributed by atoms with van der Waals surface area (Å²) in [5, 5.41) is 2.45. The summed E-state index contributed by atoms with van der Waals surface area (Å²) in [6.07, 6.45) is 0. The minimum atomic E-state index is -1.18. The minimum Gasteiger partial charge on any atom is -0.292 e. The SMILES string of the molecule is O=C(c1c(Cl)ccc2ccccc12)C(SCl)C(=O)c1c(Cl)ccc2ccccc12. The molecule has 2 nitrogen and oxygen atoms in total. The molecule has 0 amide bonds. The third-order valence-corrected chi connectivity index (χ3v) is 6.59. The van der Waals surface area contributed by atoms with Gasteiger partial charge < -0.3 is 0 Å². The maximum absolute atomic E-state index is 13.4. The van der Waals surface area contributed by atoms with E-state index in [9.17, 15) is 9.59 Å². The number of carbonyl (C=O) groups excluding carboxylic acids is 2. The van der Waals surface area contributed by atoms with E-state index in [4.69, 9.17) is 33.9 Å². The van der Waals surface area contributed by atoms with E-state index in [-0.39, 0.29) is 21.2 Å². The highest BCUT2D eigenvalue weighted by Gasteiger charge is 2.33. The first-order chi connectivity index (χ1) is 14.0. The van der Waals surface area contributed by atoms with Crippen molar-refractivity contribution in [3.63, 3.8) is 0 Å². The van der Waals surface area contributed by atoms with Crippen LogP contribution in [0.5, 0.6) is 0 Å². The molecule has 0 aliphatic carbocycles. The molecule has 4 aromatic carbocycles. The molecule has 0 aromatic heterocycles. The Bertz CT molecular complexity index is 1170. The first-order valence-electron chi connectivity index (χ1n) is 8.73. The van der Waals surface area contributed by atoms with Crippen molar-refractivity contribution in [2.45, 2.75) is 5.25 Å². The molecule has 0 bridgehead atoms. The second-order valence-electron chi connectivity index (χ2n) is 6.48. The third-order valence-electron chi connectivity index (χ3n) is 4.81. The Hall–Kier alpha value is -2.04. The Balaban J connectivity index is 1.86. The molecule has 0 saturated heterocycles. The normalized spacial score (nSPS) is 11.3. The van der Waals surface area contributed by atoms with Crippen LogP contribution in [0.15, 0.2) is 72.8 Å². The summed E-state index contributed by atoms with van der Waals surface area (Å²) in [6, 6.07) is 21.7. The molecule has 0 saturated carbocycles. The maximum atomic E-state index is 13.4. The average Bonchev–Trinajstić information content (AvgIpc) is 2.73. The van der Waals surface area contributed by atoms with Crippen molar-refractivity contribution < 1.29 is 9.59 Å². The molecule has 0 unspecified atom stereocenters. The first-order valence-corrected chi connectivity index (χ1v) is 11.2. The lowest BCUT2D eigenvalue weighted by Crippen LogP contribution is -2.27. The zero-order chi connectivity index (χ0) is 20.5. The summed E-state index contributed by atoms with van der Waals surface area (Å²) in [5.41, 5.74) is 0.570. The van der Waals surface area contributed by atoms with Gasteiger partial charge in [-0.15, -0.1) is 0 Å². The summed E-state index contributed by atoms with van der Waals surface area (Å²) < 4.78 is 0. The number of benzene rings is 4. The Morgan fingerprint density at radius 2 is 1.07 bits per heavy atom. The zero-order valence-corrected chi connectivity index (χ0v) is 17.9. The molecular formula is C23H13Cl3O2S. The maximum Gasteiger partial charge on any atom is 0.187 e. The molecule has 4 rings (SSSR count). The topological polar surface area (TPSA) is 34.1 Å². The quantitative estimate of drug-likeness (QED) is 0.227. The summed E-state index contributed by atoms with van der Waals surface area (Å²) in [6.45, 7) is 0. The highest BCUT2D eigenvalue weighted by Crippen LogP contribution is 2.35. The van der Waals surface area contributed by atoms with E-state index in [0.717, 1.165) is 10.8 Å². The number of Topliss-reactive ketones (excluding diaryl/α,β-unsaturated/α-hetero) is 2. The van der Waals surface area contributed by atoms with E-state index in [1.165, 1.54) is 0 Å². The van der Waals surface area contributed by atoms with Gasteiger partial charge in [-0.1, -0.05) is 83.9 Å². The van der Waals surface area contributed by atoms with Crippen LogP contribution in [0, 0.1) is 0 Å². The van der Waals surface area contributed by atoms with Crippen molar-refractivity contribution in [1.82, 2.24) is 0 Å². The fourth-order valence-electron chi connectivity index (χ4n) is 3.45. The van der Waals surface area contributed by atoms with Gasteiger partial charge in [0.05, 0.1) is 10.0 Å². The van der Waals surface area contributed by atoms with Gasteiger partial charge in [-0.2, -0.15) is 0 Å². The van der Waals surface area contributed by atoms with E-state index >= 15 is 0 Å². The van der Waals surface area contributed by atoms with Crippen LogP contribution in [0.1, 0.15) is 20.7 Å². The molecular weight excluding hydrogens is 447 g/mol. The molecule has 0 spiro atoms. The standard InChI is InChI=1S/C23H13Cl3O2S/c24-17-11-9-13-5-1-3-7-15(13)19(17)21(27)23(29-26)22(28)20-16-8-4-2-6-14(16)10-12-18(20)25/h1-12,23H. The molecule has 0 heterocycles. The molecule has 0 radical (unpaired) electrons. The van der Waals surface area contributed by atoms with E-state index < -0.39 is 16.8 Å². The Labute approximate surface area is 186 Å². The lowest BCUT2D eigenvalue weighted by molar-refractivity contribution is 0.0906. The highest BCUT2D eigenvalue weighted by molar-refractivity contribution is 8.22. The molecule has 0 aliphatic rings. The number of hydrogen-bond donors (Lipinski definition) is 0. The lowest BCUT2D eigenvalue weighted by atomic mass is 9.94. The van der Waals surface area contributed by atoms with E-state index in [1.807, 2.05) is 48.5 Å². The molecule has 0 atom stereocenters. The smallest absolute Gasteiger partial charge is 0.187 e. The predicted molar refractivity (Wildman–Crippen MR) is 124 cm³/mol. The number of hydrogen-bond acceptors (Lipinski definition) is 3. The fraction of sp³-hybridized carbons (Fsp3) is 0.0435. The number of ketones is 2. The number of rotatable bonds is 5. The van der Waals surface area contributed by atoms with Crippen LogP contribution in [0.25, 0.3) is 21.5 Å². The number of halogens is 3. The van der Waals surface area contributed by atoms with Gasteiger partial charge in [-0.05, 0) is 55.3 Å². The van der Waals surface area contributed by atoms with Crippen LogP contribution >= 0.6 is 44.9 Å². The largest absolute Gasteiger partial charge is 0.292 e. The monoisotopic (exact) mass is 458 g/mol. The molecule has 29 heavy (non-hydrogen) atoms. The van der Waals surface area contributed by atoms with Gasteiger partial charge in [0.1, 0.15) is 5.25 Å². The van der Waals surface area contributed by atoms with E-state index in [1.54, 1.807) is 24.3 Å². The molecule has 144 valence electrons. The summed E-state index contributed by atoms with van der Waals surface area (Å²) >= 11 is 12.7.